The number of aromatic nitrogens is 2. The Labute approximate surface area is 128 Å². The zero-order valence-corrected chi connectivity index (χ0v) is 12.8. The summed E-state index contributed by atoms with van der Waals surface area (Å²) in [5, 5.41) is 12.9. The molecule has 0 bridgehead atoms. The van der Waals surface area contributed by atoms with Gasteiger partial charge >= 0.3 is 0 Å². The third kappa shape index (κ3) is 4.14. The third-order valence-corrected chi connectivity index (χ3v) is 3.32. The molecule has 1 heterocycles. The molecule has 6 nitrogen and oxygen atoms in total. The van der Waals surface area contributed by atoms with Crippen molar-refractivity contribution in [3.05, 3.63) is 40.9 Å². The van der Waals surface area contributed by atoms with E-state index < -0.39 is 6.10 Å². The Balaban J connectivity index is 2.00. The number of para-hydroxylation sites is 1. The summed E-state index contributed by atoms with van der Waals surface area (Å²) in [6.45, 7) is 4.09. The van der Waals surface area contributed by atoms with Crippen molar-refractivity contribution in [1.82, 2.24) is 14.9 Å². The van der Waals surface area contributed by atoms with E-state index in [1.807, 2.05) is 19.9 Å². The molecule has 0 fully saturated rings. The number of benzene rings is 1. The van der Waals surface area contributed by atoms with Crippen LogP contribution in [0.3, 0.4) is 0 Å². The minimum absolute atomic E-state index is 0.106. The average Bonchev–Trinajstić information content (AvgIpc) is 2.48. The lowest BCUT2D eigenvalue weighted by Gasteiger charge is -2.14. The van der Waals surface area contributed by atoms with Crippen LogP contribution in [0.25, 0.3) is 10.9 Å². The largest absolute Gasteiger partial charge is 0.391 e. The molecule has 0 aliphatic rings. The van der Waals surface area contributed by atoms with E-state index in [1.165, 1.54) is 10.9 Å². The predicted molar refractivity (Wildman–Crippen MR) is 84.5 cm³/mol. The summed E-state index contributed by atoms with van der Waals surface area (Å²) in [5.74, 6) is 0.0428. The fourth-order valence-electron chi connectivity index (χ4n) is 2.29. The topological polar surface area (TPSA) is 84.2 Å². The average molecular weight is 303 g/mol. The highest BCUT2D eigenvalue weighted by atomic mass is 16.3. The summed E-state index contributed by atoms with van der Waals surface area (Å²) in [5.41, 5.74) is 0.361. The van der Waals surface area contributed by atoms with Crippen molar-refractivity contribution in [2.45, 2.75) is 32.9 Å². The van der Waals surface area contributed by atoms with Gasteiger partial charge in [0.05, 0.1) is 23.3 Å². The molecule has 0 saturated heterocycles. The Morgan fingerprint density at radius 1 is 1.36 bits per heavy atom. The molecule has 1 aromatic heterocycles. The maximum atomic E-state index is 12.2. The molecular weight excluding hydrogens is 282 g/mol. The molecule has 0 saturated carbocycles. The lowest BCUT2D eigenvalue weighted by Crippen LogP contribution is -2.37. The molecule has 0 aliphatic heterocycles. The molecular formula is C16H21N3O3. The molecule has 22 heavy (non-hydrogen) atoms. The van der Waals surface area contributed by atoms with Gasteiger partial charge in [0.25, 0.3) is 5.56 Å². The summed E-state index contributed by atoms with van der Waals surface area (Å²) in [4.78, 5) is 28.3. The molecule has 1 amide bonds. The number of carbonyl (C=O) groups is 1. The van der Waals surface area contributed by atoms with Gasteiger partial charge in [-0.2, -0.15) is 0 Å². The molecule has 6 heteroatoms. The van der Waals surface area contributed by atoms with Crippen LogP contribution in [-0.2, 0) is 11.3 Å². The summed E-state index contributed by atoms with van der Waals surface area (Å²) < 4.78 is 1.27. The van der Waals surface area contributed by atoms with Gasteiger partial charge in [0.2, 0.25) is 5.91 Å². The maximum absolute atomic E-state index is 12.2. The normalized spacial score (nSPS) is 12.5. The van der Waals surface area contributed by atoms with Gasteiger partial charge in [-0.05, 0) is 24.5 Å². The fraction of sp³-hybridized carbons (Fsp3) is 0.438. The van der Waals surface area contributed by atoms with Gasteiger partial charge in [-0.1, -0.05) is 26.0 Å². The van der Waals surface area contributed by atoms with E-state index in [1.54, 1.807) is 18.2 Å². The first kappa shape index (κ1) is 16.2. The number of nitrogens with zero attached hydrogens (tertiary/aromatic N) is 2. The van der Waals surface area contributed by atoms with E-state index in [0.29, 0.717) is 23.2 Å². The van der Waals surface area contributed by atoms with E-state index in [0.717, 1.165) is 0 Å². The standard InChI is InChI=1S/C16H21N3O3/c1-11(2)7-12(20)8-17-15(21)9-19-10-18-14-6-4-3-5-13(14)16(19)22/h3-6,10-12,20H,7-9H2,1-2H3,(H,17,21). The van der Waals surface area contributed by atoms with Crippen LogP contribution < -0.4 is 10.9 Å². The van der Waals surface area contributed by atoms with Gasteiger partial charge in [0.15, 0.2) is 0 Å². The van der Waals surface area contributed by atoms with Crippen molar-refractivity contribution in [3.8, 4) is 0 Å². The number of hydrogen-bond donors (Lipinski definition) is 2. The van der Waals surface area contributed by atoms with E-state index in [4.69, 9.17) is 0 Å². The second-order valence-corrected chi connectivity index (χ2v) is 5.78. The lowest BCUT2D eigenvalue weighted by molar-refractivity contribution is -0.122. The molecule has 0 spiro atoms. The SMILES string of the molecule is CC(C)CC(O)CNC(=O)Cn1cnc2ccccc2c1=O. The number of carbonyl (C=O) groups excluding carboxylic acids is 1. The first-order valence-electron chi connectivity index (χ1n) is 7.36. The van der Waals surface area contributed by atoms with Gasteiger partial charge in [-0.25, -0.2) is 4.98 Å². The van der Waals surface area contributed by atoms with Gasteiger partial charge in [0.1, 0.15) is 6.54 Å². The van der Waals surface area contributed by atoms with Crippen LogP contribution in [0.15, 0.2) is 35.4 Å². The number of nitrogens with one attached hydrogen (secondary N) is 1. The van der Waals surface area contributed by atoms with Crippen LogP contribution in [0.2, 0.25) is 0 Å². The summed E-state index contributed by atoms with van der Waals surface area (Å²) in [6, 6.07) is 7.01. The predicted octanol–water partition coefficient (Wildman–Crippen LogP) is 0.920. The minimum Gasteiger partial charge on any atom is -0.391 e. The fourth-order valence-corrected chi connectivity index (χ4v) is 2.29. The van der Waals surface area contributed by atoms with Crippen molar-refractivity contribution < 1.29 is 9.90 Å². The summed E-state index contributed by atoms with van der Waals surface area (Å²) in [7, 11) is 0. The van der Waals surface area contributed by atoms with E-state index in [9.17, 15) is 14.7 Å². The first-order chi connectivity index (χ1) is 10.5. The number of aliphatic hydroxyl groups is 1. The number of rotatable bonds is 6. The van der Waals surface area contributed by atoms with E-state index >= 15 is 0 Å². The Hall–Kier alpha value is -2.21. The van der Waals surface area contributed by atoms with Crippen molar-refractivity contribution in [1.29, 1.82) is 0 Å². The Morgan fingerprint density at radius 3 is 2.82 bits per heavy atom. The second-order valence-electron chi connectivity index (χ2n) is 5.78. The summed E-state index contributed by atoms with van der Waals surface area (Å²) >= 11 is 0. The van der Waals surface area contributed by atoms with Crippen molar-refractivity contribution >= 4 is 16.8 Å². The van der Waals surface area contributed by atoms with Gasteiger partial charge in [-0.15, -0.1) is 0 Å². The Morgan fingerprint density at radius 2 is 2.09 bits per heavy atom. The van der Waals surface area contributed by atoms with Gasteiger partial charge in [-0.3, -0.25) is 14.2 Å². The first-order valence-corrected chi connectivity index (χ1v) is 7.36. The highest BCUT2D eigenvalue weighted by molar-refractivity contribution is 5.78. The van der Waals surface area contributed by atoms with Crippen LogP contribution in [0.5, 0.6) is 0 Å². The molecule has 0 radical (unpaired) electrons. The summed E-state index contributed by atoms with van der Waals surface area (Å²) in [6.07, 6.45) is 1.42. The van der Waals surface area contributed by atoms with E-state index in [-0.39, 0.29) is 24.6 Å². The molecule has 2 aromatic rings. The smallest absolute Gasteiger partial charge is 0.261 e. The second kappa shape index (κ2) is 7.17. The Kier molecular flexibility index (Phi) is 5.27. The molecule has 0 aliphatic carbocycles. The minimum atomic E-state index is -0.574. The van der Waals surface area contributed by atoms with E-state index in [2.05, 4.69) is 10.3 Å². The van der Waals surface area contributed by atoms with Crippen molar-refractivity contribution in [2.75, 3.05) is 6.54 Å². The van der Waals surface area contributed by atoms with Crippen molar-refractivity contribution in [3.63, 3.8) is 0 Å². The van der Waals surface area contributed by atoms with Crippen LogP contribution in [0, 0.1) is 5.92 Å². The molecule has 1 unspecified atom stereocenters. The molecule has 1 aromatic carbocycles. The van der Waals surface area contributed by atoms with Crippen LogP contribution in [-0.4, -0.2) is 33.2 Å². The quantitative estimate of drug-likeness (QED) is 0.831. The monoisotopic (exact) mass is 303 g/mol. The zero-order chi connectivity index (χ0) is 16.1. The Bertz CT molecular complexity index is 709. The highest BCUT2D eigenvalue weighted by Gasteiger charge is 2.11. The number of aliphatic hydroxyl groups excluding tert-OH is 1. The number of amides is 1. The van der Waals surface area contributed by atoms with Crippen LogP contribution in [0.1, 0.15) is 20.3 Å². The van der Waals surface area contributed by atoms with Crippen LogP contribution >= 0.6 is 0 Å². The lowest BCUT2D eigenvalue weighted by atomic mass is 10.1. The zero-order valence-electron chi connectivity index (χ0n) is 12.8. The van der Waals surface area contributed by atoms with Gasteiger partial charge in [0, 0.05) is 6.54 Å². The molecule has 2 rings (SSSR count). The molecule has 1 atom stereocenters. The number of hydrogen-bond acceptors (Lipinski definition) is 4. The molecule has 2 N–H and O–H groups in total. The molecule has 118 valence electrons. The number of fused-ring (bicyclic) bond motifs is 1. The third-order valence-electron chi connectivity index (χ3n) is 3.32. The van der Waals surface area contributed by atoms with Gasteiger partial charge < -0.3 is 10.4 Å². The van der Waals surface area contributed by atoms with Crippen LogP contribution in [0.4, 0.5) is 0 Å². The maximum Gasteiger partial charge on any atom is 0.261 e. The highest BCUT2D eigenvalue weighted by Crippen LogP contribution is 2.05. The van der Waals surface area contributed by atoms with Crippen molar-refractivity contribution in [2.24, 2.45) is 5.92 Å².